The van der Waals surface area contributed by atoms with E-state index in [4.69, 9.17) is 18.4 Å². The fourth-order valence-electron chi connectivity index (χ4n) is 3.36. The van der Waals surface area contributed by atoms with Gasteiger partial charge in [-0.1, -0.05) is 91.0 Å². The normalized spacial score (nSPS) is 14.2. The third-order valence-corrected chi connectivity index (χ3v) is 5.71. The van der Waals surface area contributed by atoms with E-state index in [0.717, 1.165) is 22.9 Å². The lowest BCUT2D eigenvalue weighted by atomic mass is 10.1. The quantitative estimate of drug-likeness (QED) is 0.232. The zero-order chi connectivity index (χ0) is 24.9. The van der Waals surface area contributed by atoms with E-state index in [1.807, 2.05) is 91.0 Å². The fraction of sp³-hybridized carbons (Fsp3) is 0.296. The highest BCUT2D eigenvalue weighted by Gasteiger charge is 2.33. The molecule has 3 aromatic carbocycles. The van der Waals surface area contributed by atoms with Crippen molar-refractivity contribution in [1.82, 2.24) is 0 Å². The van der Waals surface area contributed by atoms with Crippen LogP contribution in [0.4, 0.5) is 0 Å². The standard InChI is InChI=1S/C27H30O7S/c1-35(29,30)34-21-26(32-19-23-13-7-3-8-14-23)27(33-20-24-15-9-4-10-16-24)25(17-28)31-18-22-11-5-2-6-12-22/h2-17,25-27H,18-21H2,1H3/t25-,26-,27+/m1/s1. The third kappa shape index (κ3) is 9.71. The SMILES string of the molecule is CS(=O)(=O)OC[C@@H](OCc1ccccc1)[C@@H](OCc1ccccc1)[C@@H](C=O)OCc1ccccc1. The average molecular weight is 499 g/mol. The molecule has 0 spiro atoms. The van der Waals surface area contributed by atoms with Crippen LogP contribution in [0.2, 0.25) is 0 Å². The first-order chi connectivity index (χ1) is 16.9. The molecule has 0 aliphatic carbocycles. The highest BCUT2D eigenvalue weighted by molar-refractivity contribution is 7.85. The molecule has 0 fully saturated rings. The molecule has 0 saturated heterocycles. The molecule has 3 atom stereocenters. The van der Waals surface area contributed by atoms with Gasteiger partial charge in [0.2, 0.25) is 0 Å². The molecular formula is C27H30O7S. The third-order valence-electron chi connectivity index (χ3n) is 5.15. The number of hydrogen-bond donors (Lipinski definition) is 0. The largest absolute Gasteiger partial charge is 0.368 e. The molecule has 35 heavy (non-hydrogen) atoms. The van der Waals surface area contributed by atoms with Crippen LogP contribution >= 0.6 is 0 Å². The molecule has 0 heterocycles. The van der Waals surface area contributed by atoms with Crippen LogP contribution in [0.1, 0.15) is 16.7 Å². The minimum absolute atomic E-state index is 0.174. The Hall–Kier alpha value is -2.88. The summed E-state index contributed by atoms with van der Waals surface area (Å²) in [6.45, 7) is 0.195. The van der Waals surface area contributed by atoms with Gasteiger partial charge in [0.15, 0.2) is 6.29 Å². The van der Waals surface area contributed by atoms with Gasteiger partial charge in [-0.25, -0.2) is 0 Å². The highest BCUT2D eigenvalue weighted by atomic mass is 32.2. The summed E-state index contributed by atoms with van der Waals surface area (Å²) < 4.78 is 46.7. The molecule has 3 aromatic rings. The number of benzene rings is 3. The van der Waals surface area contributed by atoms with E-state index in [0.29, 0.717) is 6.29 Å². The molecule has 186 valence electrons. The van der Waals surface area contributed by atoms with Gasteiger partial charge in [-0.15, -0.1) is 0 Å². The van der Waals surface area contributed by atoms with Crippen molar-refractivity contribution < 1.29 is 31.6 Å². The van der Waals surface area contributed by atoms with Gasteiger partial charge in [-0.3, -0.25) is 4.18 Å². The molecule has 8 heteroatoms. The van der Waals surface area contributed by atoms with Crippen molar-refractivity contribution >= 4 is 16.4 Å². The highest BCUT2D eigenvalue weighted by Crippen LogP contribution is 2.19. The van der Waals surface area contributed by atoms with Crippen molar-refractivity contribution in [2.75, 3.05) is 12.9 Å². The minimum Gasteiger partial charge on any atom is -0.368 e. The smallest absolute Gasteiger partial charge is 0.264 e. The summed E-state index contributed by atoms with van der Waals surface area (Å²) in [7, 11) is -3.76. The summed E-state index contributed by atoms with van der Waals surface area (Å²) >= 11 is 0. The summed E-state index contributed by atoms with van der Waals surface area (Å²) in [6, 6.07) is 28.3. The first-order valence-corrected chi connectivity index (χ1v) is 13.0. The van der Waals surface area contributed by atoms with Crippen molar-refractivity contribution in [1.29, 1.82) is 0 Å². The van der Waals surface area contributed by atoms with E-state index in [1.54, 1.807) is 0 Å². The Balaban J connectivity index is 1.82. The lowest BCUT2D eigenvalue weighted by Crippen LogP contribution is -2.46. The summed E-state index contributed by atoms with van der Waals surface area (Å²) in [6.07, 6.45) is -1.24. The summed E-state index contributed by atoms with van der Waals surface area (Å²) in [5, 5.41) is 0. The Morgan fingerprint density at radius 1 is 0.686 bits per heavy atom. The van der Waals surface area contributed by atoms with Crippen LogP contribution in [0.5, 0.6) is 0 Å². The van der Waals surface area contributed by atoms with Crippen molar-refractivity contribution in [3.63, 3.8) is 0 Å². The van der Waals surface area contributed by atoms with E-state index >= 15 is 0 Å². The van der Waals surface area contributed by atoms with Gasteiger partial charge >= 0.3 is 0 Å². The van der Waals surface area contributed by atoms with E-state index in [-0.39, 0.29) is 26.4 Å². The number of carbonyl (C=O) groups is 1. The molecule has 0 aliphatic rings. The van der Waals surface area contributed by atoms with Gasteiger partial charge in [0.1, 0.15) is 18.3 Å². The molecule has 0 aliphatic heterocycles. The minimum atomic E-state index is -3.76. The van der Waals surface area contributed by atoms with Crippen LogP contribution in [0.15, 0.2) is 91.0 Å². The number of rotatable bonds is 15. The van der Waals surface area contributed by atoms with Gasteiger partial charge in [0.05, 0.1) is 32.7 Å². The number of hydrogen-bond acceptors (Lipinski definition) is 7. The predicted octanol–water partition coefficient (Wildman–Crippen LogP) is 3.92. The van der Waals surface area contributed by atoms with Crippen molar-refractivity contribution in [3.8, 4) is 0 Å². The maximum absolute atomic E-state index is 12.1. The maximum Gasteiger partial charge on any atom is 0.264 e. The molecule has 0 amide bonds. The monoisotopic (exact) mass is 498 g/mol. The van der Waals surface area contributed by atoms with E-state index in [2.05, 4.69) is 0 Å². The number of aldehydes is 1. The van der Waals surface area contributed by atoms with Gasteiger partial charge in [-0.05, 0) is 16.7 Å². The van der Waals surface area contributed by atoms with Crippen molar-refractivity contribution in [3.05, 3.63) is 108 Å². The molecular weight excluding hydrogens is 468 g/mol. The number of carbonyl (C=O) groups excluding carboxylic acids is 1. The zero-order valence-corrected chi connectivity index (χ0v) is 20.4. The topological polar surface area (TPSA) is 88.1 Å². The molecule has 0 aromatic heterocycles. The summed E-state index contributed by atoms with van der Waals surface area (Å²) in [5.74, 6) is 0. The van der Waals surface area contributed by atoms with Gasteiger partial charge < -0.3 is 19.0 Å². The first kappa shape index (κ1) is 26.7. The summed E-state index contributed by atoms with van der Waals surface area (Å²) in [5.41, 5.74) is 2.65. The second-order valence-corrected chi connectivity index (χ2v) is 9.63. The van der Waals surface area contributed by atoms with Crippen LogP contribution in [0, 0.1) is 0 Å². The number of ether oxygens (including phenoxy) is 3. The van der Waals surface area contributed by atoms with Crippen LogP contribution in [0.25, 0.3) is 0 Å². The Bertz CT molecular complexity index is 1110. The Morgan fingerprint density at radius 2 is 1.11 bits per heavy atom. The van der Waals surface area contributed by atoms with E-state index in [1.165, 1.54) is 0 Å². The zero-order valence-electron chi connectivity index (χ0n) is 19.6. The molecule has 3 rings (SSSR count). The molecule has 0 radical (unpaired) electrons. The van der Waals surface area contributed by atoms with Crippen LogP contribution in [-0.4, -0.2) is 45.9 Å². The van der Waals surface area contributed by atoms with Crippen molar-refractivity contribution in [2.45, 2.75) is 38.1 Å². The predicted molar refractivity (Wildman–Crippen MR) is 132 cm³/mol. The second-order valence-electron chi connectivity index (χ2n) is 7.98. The molecule has 0 unspecified atom stereocenters. The Kier molecular flexibility index (Phi) is 10.6. The Morgan fingerprint density at radius 3 is 1.54 bits per heavy atom. The van der Waals surface area contributed by atoms with Crippen LogP contribution < -0.4 is 0 Å². The van der Waals surface area contributed by atoms with Crippen LogP contribution in [0.3, 0.4) is 0 Å². The lowest BCUT2D eigenvalue weighted by Gasteiger charge is -2.31. The van der Waals surface area contributed by atoms with Gasteiger partial charge in [-0.2, -0.15) is 8.42 Å². The molecule has 7 nitrogen and oxygen atoms in total. The van der Waals surface area contributed by atoms with Crippen LogP contribution in [-0.2, 0) is 53.1 Å². The molecule has 0 N–H and O–H groups in total. The van der Waals surface area contributed by atoms with Gasteiger partial charge in [0.25, 0.3) is 10.1 Å². The maximum atomic E-state index is 12.1. The molecule has 0 saturated carbocycles. The van der Waals surface area contributed by atoms with E-state index < -0.39 is 28.4 Å². The first-order valence-electron chi connectivity index (χ1n) is 11.2. The fourth-order valence-corrected chi connectivity index (χ4v) is 3.75. The lowest BCUT2D eigenvalue weighted by molar-refractivity contribution is -0.163. The summed E-state index contributed by atoms with van der Waals surface area (Å²) in [4.78, 5) is 12.1. The Labute approximate surface area is 206 Å². The molecule has 0 bridgehead atoms. The van der Waals surface area contributed by atoms with E-state index in [9.17, 15) is 13.2 Å². The van der Waals surface area contributed by atoms with Gasteiger partial charge in [0, 0.05) is 0 Å². The second kappa shape index (κ2) is 13.9. The van der Waals surface area contributed by atoms with Crippen molar-refractivity contribution in [2.24, 2.45) is 0 Å². The average Bonchev–Trinajstić information content (AvgIpc) is 2.88.